The molecular formula is C21H21F2N3O. The number of aromatic nitrogens is 1. The Bertz CT molecular complexity index is 1010. The molecule has 1 atom stereocenters. The second kappa shape index (κ2) is 6.46. The number of nitrogens with one attached hydrogen (secondary N) is 3. The fourth-order valence-corrected chi connectivity index (χ4v) is 4.05. The van der Waals surface area contributed by atoms with Crippen LogP contribution in [-0.2, 0) is 16.8 Å². The van der Waals surface area contributed by atoms with Gasteiger partial charge in [-0.3, -0.25) is 10.1 Å². The number of benzene rings is 2. The molecular weight excluding hydrogens is 348 g/mol. The van der Waals surface area contributed by atoms with Crippen LogP contribution < -0.4 is 10.6 Å². The molecule has 1 aliphatic rings. The molecule has 1 aromatic heterocycles. The molecule has 0 saturated carbocycles. The monoisotopic (exact) mass is 369 g/mol. The number of aromatic amines is 1. The third kappa shape index (κ3) is 2.63. The summed E-state index contributed by atoms with van der Waals surface area (Å²) in [6.07, 6.45) is 0.773. The Hall–Kier alpha value is -2.73. The number of rotatable bonds is 3. The Balaban J connectivity index is 1.85. The topological polar surface area (TPSA) is 56.9 Å². The predicted molar refractivity (Wildman–Crippen MR) is 102 cm³/mol. The summed E-state index contributed by atoms with van der Waals surface area (Å²) in [6, 6.07) is 11.4. The molecule has 1 aliphatic heterocycles. The third-order valence-electron chi connectivity index (χ3n) is 5.41. The number of hydrogen-bond donors (Lipinski definition) is 3. The van der Waals surface area contributed by atoms with Gasteiger partial charge in [-0.25, -0.2) is 8.78 Å². The zero-order valence-corrected chi connectivity index (χ0v) is 15.2. The highest BCUT2D eigenvalue weighted by Crippen LogP contribution is 2.39. The van der Waals surface area contributed by atoms with Crippen molar-refractivity contribution in [1.29, 1.82) is 0 Å². The van der Waals surface area contributed by atoms with Crippen molar-refractivity contribution in [1.82, 2.24) is 10.3 Å². The number of amides is 1. The number of carbonyl (C=O) groups is 1. The number of anilines is 1. The Morgan fingerprint density at radius 1 is 1.11 bits per heavy atom. The number of para-hydroxylation sites is 2. The maximum absolute atomic E-state index is 14.1. The first-order valence-electron chi connectivity index (χ1n) is 9.05. The molecule has 6 heteroatoms. The Morgan fingerprint density at radius 3 is 2.52 bits per heavy atom. The zero-order chi connectivity index (χ0) is 19.2. The maximum Gasteiger partial charge on any atom is 0.251 e. The highest BCUT2D eigenvalue weighted by molar-refractivity contribution is 6.01. The number of fused-ring (bicyclic) bond motifs is 3. The molecule has 0 unspecified atom stereocenters. The van der Waals surface area contributed by atoms with Gasteiger partial charge < -0.3 is 10.3 Å². The lowest BCUT2D eigenvalue weighted by atomic mass is 9.77. The molecule has 140 valence electrons. The van der Waals surface area contributed by atoms with E-state index in [1.165, 1.54) is 6.07 Å². The maximum atomic E-state index is 14.1. The van der Waals surface area contributed by atoms with Gasteiger partial charge >= 0.3 is 0 Å². The van der Waals surface area contributed by atoms with E-state index in [1.807, 2.05) is 38.1 Å². The minimum absolute atomic E-state index is 0.153. The van der Waals surface area contributed by atoms with E-state index in [2.05, 4.69) is 15.6 Å². The normalized spacial score (nSPS) is 19.3. The summed E-state index contributed by atoms with van der Waals surface area (Å²) in [6.45, 7) is 4.44. The molecule has 27 heavy (non-hydrogen) atoms. The van der Waals surface area contributed by atoms with Gasteiger partial charge in [-0.1, -0.05) is 38.1 Å². The third-order valence-corrected chi connectivity index (χ3v) is 5.41. The SMILES string of the molecule is CC(C)[C@]1(C(=O)Nc2c(F)cccc2F)NCCc2c1[nH]c1ccccc21. The van der Waals surface area contributed by atoms with Gasteiger partial charge in [-0.15, -0.1) is 0 Å². The van der Waals surface area contributed by atoms with Gasteiger partial charge in [-0.05, 0) is 36.1 Å². The molecule has 0 spiro atoms. The minimum atomic E-state index is -1.11. The van der Waals surface area contributed by atoms with E-state index in [-0.39, 0.29) is 5.92 Å². The smallest absolute Gasteiger partial charge is 0.251 e. The van der Waals surface area contributed by atoms with Gasteiger partial charge in [0.2, 0.25) is 0 Å². The van der Waals surface area contributed by atoms with Crippen molar-refractivity contribution in [3.8, 4) is 0 Å². The summed E-state index contributed by atoms with van der Waals surface area (Å²) in [7, 11) is 0. The lowest BCUT2D eigenvalue weighted by molar-refractivity contribution is -0.125. The van der Waals surface area contributed by atoms with Gasteiger partial charge in [-0.2, -0.15) is 0 Å². The summed E-state index contributed by atoms with van der Waals surface area (Å²) >= 11 is 0. The number of carbonyl (C=O) groups excluding carboxylic acids is 1. The molecule has 4 nitrogen and oxygen atoms in total. The van der Waals surface area contributed by atoms with Crippen molar-refractivity contribution >= 4 is 22.5 Å². The largest absolute Gasteiger partial charge is 0.356 e. The Kier molecular flexibility index (Phi) is 4.23. The van der Waals surface area contributed by atoms with Crippen LogP contribution in [0.1, 0.15) is 25.1 Å². The van der Waals surface area contributed by atoms with Gasteiger partial charge in [0.05, 0.1) is 0 Å². The second-order valence-corrected chi connectivity index (χ2v) is 7.21. The van der Waals surface area contributed by atoms with Crippen LogP contribution in [0.3, 0.4) is 0 Å². The van der Waals surface area contributed by atoms with Crippen LogP contribution >= 0.6 is 0 Å². The van der Waals surface area contributed by atoms with E-state index >= 15 is 0 Å². The minimum Gasteiger partial charge on any atom is -0.356 e. The Labute approximate surface area is 156 Å². The summed E-state index contributed by atoms with van der Waals surface area (Å²) in [5.74, 6) is -2.22. The van der Waals surface area contributed by atoms with Gasteiger partial charge in [0, 0.05) is 23.1 Å². The van der Waals surface area contributed by atoms with E-state index in [0.29, 0.717) is 6.54 Å². The van der Waals surface area contributed by atoms with Crippen LogP contribution in [0.15, 0.2) is 42.5 Å². The van der Waals surface area contributed by atoms with Crippen molar-refractivity contribution < 1.29 is 13.6 Å². The fraction of sp³-hybridized carbons (Fsp3) is 0.286. The average Bonchev–Trinajstić information content (AvgIpc) is 3.03. The van der Waals surface area contributed by atoms with Gasteiger partial charge in [0.1, 0.15) is 22.9 Å². The van der Waals surface area contributed by atoms with E-state index in [0.717, 1.165) is 40.7 Å². The number of halogens is 2. The van der Waals surface area contributed by atoms with Crippen LogP contribution in [0.5, 0.6) is 0 Å². The Morgan fingerprint density at radius 2 is 1.81 bits per heavy atom. The fourth-order valence-electron chi connectivity index (χ4n) is 4.05. The van der Waals surface area contributed by atoms with E-state index < -0.39 is 28.8 Å². The molecule has 4 rings (SSSR count). The van der Waals surface area contributed by atoms with Gasteiger partial charge in [0.25, 0.3) is 5.91 Å². The number of hydrogen-bond acceptors (Lipinski definition) is 2. The van der Waals surface area contributed by atoms with Crippen LogP contribution in [-0.4, -0.2) is 17.4 Å². The predicted octanol–water partition coefficient (Wildman–Crippen LogP) is 4.08. The lowest BCUT2D eigenvalue weighted by Gasteiger charge is -2.40. The van der Waals surface area contributed by atoms with Gasteiger partial charge in [0.15, 0.2) is 0 Å². The van der Waals surface area contributed by atoms with Crippen molar-refractivity contribution in [3.63, 3.8) is 0 Å². The molecule has 2 heterocycles. The molecule has 0 fully saturated rings. The first-order chi connectivity index (χ1) is 12.9. The number of H-pyrrole nitrogens is 1. The first kappa shape index (κ1) is 17.7. The summed E-state index contributed by atoms with van der Waals surface area (Å²) in [4.78, 5) is 16.7. The molecule has 0 aliphatic carbocycles. The van der Waals surface area contributed by atoms with Crippen molar-refractivity contribution in [2.45, 2.75) is 25.8 Å². The summed E-state index contributed by atoms with van der Waals surface area (Å²) in [5, 5.41) is 6.88. The van der Waals surface area contributed by atoms with Crippen molar-refractivity contribution in [3.05, 3.63) is 65.4 Å². The molecule has 0 bridgehead atoms. The molecule has 3 N–H and O–H groups in total. The van der Waals surface area contributed by atoms with Crippen LogP contribution in [0.25, 0.3) is 10.9 Å². The van der Waals surface area contributed by atoms with Crippen LogP contribution in [0.2, 0.25) is 0 Å². The van der Waals surface area contributed by atoms with Crippen molar-refractivity contribution in [2.24, 2.45) is 5.92 Å². The first-order valence-corrected chi connectivity index (χ1v) is 9.05. The summed E-state index contributed by atoms with van der Waals surface area (Å²) in [5.41, 5.74) is 1.25. The lowest BCUT2D eigenvalue weighted by Crippen LogP contribution is -2.58. The average molecular weight is 369 g/mol. The van der Waals surface area contributed by atoms with E-state index in [1.54, 1.807) is 0 Å². The van der Waals surface area contributed by atoms with Crippen LogP contribution in [0.4, 0.5) is 14.5 Å². The summed E-state index contributed by atoms with van der Waals surface area (Å²) < 4.78 is 28.2. The molecule has 2 aromatic carbocycles. The molecule has 1 amide bonds. The highest BCUT2D eigenvalue weighted by atomic mass is 19.1. The highest BCUT2D eigenvalue weighted by Gasteiger charge is 2.48. The van der Waals surface area contributed by atoms with E-state index in [9.17, 15) is 13.6 Å². The van der Waals surface area contributed by atoms with E-state index in [4.69, 9.17) is 0 Å². The molecule has 0 radical (unpaired) electrons. The molecule has 3 aromatic rings. The second-order valence-electron chi connectivity index (χ2n) is 7.21. The zero-order valence-electron chi connectivity index (χ0n) is 15.2. The van der Waals surface area contributed by atoms with Crippen LogP contribution in [0, 0.1) is 17.6 Å². The molecule has 0 saturated heterocycles. The standard InChI is InChI=1S/C21H21F2N3O/c1-12(2)21(20(27)26-18-15(22)7-5-8-16(18)23)19-14(10-11-24-21)13-6-3-4-9-17(13)25-19/h3-9,12,24-25H,10-11H2,1-2H3,(H,26,27)/t21-/m0/s1. The van der Waals surface area contributed by atoms with Crippen molar-refractivity contribution in [2.75, 3.05) is 11.9 Å². The quantitative estimate of drug-likeness (QED) is 0.652.